The number of nitriles is 1. The van der Waals surface area contributed by atoms with Gasteiger partial charge in [-0.05, 0) is 51.0 Å². The van der Waals surface area contributed by atoms with Crippen LogP contribution in [0.1, 0.15) is 33.6 Å². The lowest BCUT2D eigenvalue weighted by Gasteiger charge is -2.08. The summed E-state index contributed by atoms with van der Waals surface area (Å²) in [6.45, 7) is 9.42. The summed E-state index contributed by atoms with van der Waals surface area (Å²) < 4.78 is 12.6. The summed E-state index contributed by atoms with van der Waals surface area (Å²) in [5.74, 6) is -0.613. The Kier molecular flexibility index (Phi) is 6.98. The molecule has 0 aliphatic rings. The van der Waals surface area contributed by atoms with Gasteiger partial charge in [-0.25, -0.2) is 4.79 Å². The quantitative estimate of drug-likeness (QED) is 0.422. The summed E-state index contributed by atoms with van der Waals surface area (Å²) in [4.78, 5) is 12.4. The normalized spacial score (nSPS) is 11.3. The molecule has 0 unspecified atom stereocenters. The van der Waals surface area contributed by atoms with Crippen molar-refractivity contribution in [3.05, 3.63) is 63.5 Å². The molecule has 0 spiro atoms. The molecule has 0 saturated heterocycles. The molecule has 0 aliphatic carbocycles. The number of rotatable bonds is 7. The highest BCUT2D eigenvalue weighted by molar-refractivity contribution is 5.98. The summed E-state index contributed by atoms with van der Waals surface area (Å²) in [5, 5.41) is 9.41. The fourth-order valence-electron chi connectivity index (χ4n) is 3.17. The van der Waals surface area contributed by atoms with Crippen molar-refractivity contribution in [2.75, 3.05) is 13.7 Å². The Bertz CT molecular complexity index is 881. The smallest absolute Gasteiger partial charge is 0.349 e. The number of carbonyl (C=O) groups is 1. The largest absolute Gasteiger partial charge is 0.457 e. The van der Waals surface area contributed by atoms with E-state index in [2.05, 4.69) is 10.6 Å². The third-order valence-electron chi connectivity index (χ3n) is 4.42. The summed E-state index contributed by atoms with van der Waals surface area (Å²) in [5.41, 5.74) is 6.00. The van der Waals surface area contributed by atoms with E-state index in [9.17, 15) is 10.1 Å². The number of aromatic nitrogens is 1. The van der Waals surface area contributed by atoms with Crippen LogP contribution in [-0.2, 0) is 27.4 Å². The van der Waals surface area contributed by atoms with Crippen LogP contribution in [0.2, 0.25) is 0 Å². The van der Waals surface area contributed by atoms with E-state index in [0.717, 1.165) is 40.2 Å². The van der Waals surface area contributed by atoms with Crippen molar-refractivity contribution >= 4 is 12.0 Å². The van der Waals surface area contributed by atoms with E-state index in [1.165, 1.54) is 0 Å². The van der Waals surface area contributed by atoms with E-state index >= 15 is 0 Å². The first-order chi connectivity index (χ1) is 12.8. The summed E-state index contributed by atoms with van der Waals surface area (Å²) in [6, 6.07) is 9.92. The number of hydrogen-bond acceptors (Lipinski definition) is 4. The Morgan fingerprint density at radius 3 is 2.41 bits per heavy atom. The molecule has 0 radical (unpaired) electrons. The fourth-order valence-corrected chi connectivity index (χ4v) is 3.17. The summed E-state index contributed by atoms with van der Waals surface area (Å²) in [7, 11) is 1.66. The minimum absolute atomic E-state index is 0.00799. The monoisotopic (exact) mass is 366 g/mol. The second-order valence-electron chi connectivity index (χ2n) is 6.71. The molecular formula is C22H26N2O3. The molecule has 0 saturated carbocycles. The van der Waals surface area contributed by atoms with Gasteiger partial charge >= 0.3 is 5.97 Å². The lowest BCUT2D eigenvalue weighted by atomic mass is 10.1. The Labute approximate surface area is 160 Å². The van der Waals surface area contributed by atoms with Crippen LogP contribution < -0.4 is 0 Å². The summed E-state index contributed by atoms with van der Waals surface area (Å²) >= 11 is 0. The number of benzene rings is 1. The highest BCUT2D eigenvalue weighted by Gasteiger charge is 2.14. The molecule has 5 nitrogen and oxygen atoms in total. The van der Waals surface area contributed by atoms with E-state index in [1.54, 1.807) is 13.2 Å². The zero-order chi connectivity index (χ0) is 20.0. The number of esters is 1. The van der Waals surface area contributed by atoms with Gasteiger partial charge in [-0.2, -0.15) is 5.26 Å². The number of methoxy groups -OCH3 is 1. The molecule has 27 heavy (non-hydrogen) atoms. The predicted octanol–water partition coefficient (Wildman–Crippen LogP) is 4.02. The van der Waals surface area contributed by atoms with E-state index in [4.69, 9.17) is 9.47 Å². The van der Waals surface area contributed by atoms with Crippen LogP contribution in [0.4, 0.5) is 0 Å². The zero-order valence-corrected chi connectivity index (χ0v) is 16.6. The lowest BCUT2D eigenvalue weighted by Crippen LogP contribution is -2.08. The molecule has 0 N–H and O–H groups in total. The Balaban J connectivity index is 2.16. The van der Waals surface area contributed by atoms with Gasteiger partial charge in [0.05, 0.1) is 6.61 Å². The van der Waals surface area contributed by atoms with Gasteiger partial charge in [-0.1, -0.05) is 29.3 Å². The maximum atomic E-state index is 12.4. The number of hydrogen-bond donors (Lipinski definition) is 0. The van der Waals surface area contributed by atoms with Gasteiger partial charge < -0.3 is 14.0 Å². The van der Waals surface area contributed by atoms with Crippen LogP contribution in [0.25, 0.3) is 6.08 Å². The van der Waals surface area contributed by atoms with Crippen LogP contribution in [0.15, 0.2) is 29.8 Å². The first-order valence-corrected chi connectivity index (χ1v) is 8.87. The third-order valence-corrected chi connectivity index (χ3v) is 4.42. The molecule has 1 aromatic heterocycles. The van der Waals surface area contributed by atoms with Gasteiger partial charge in [-0.3, -0.25) is 0 Å². The van der Waals surface area contributed by atoms with Crippen LogP contribution >= 0.6 is 0 Å². The van der Waals surface area contributed by atoms with Gasteiger partial charge in [0.1, 0.15) is 18.2 Å². The first-order valence-electron chi connectivity index (χ1n) is 8.87. The molecule has 1 heterocycles. The molecular weight excluding hydrogens is 340 g/mol. The van der Waals surface area contributed by atoms with Crippen molar-refractivity contribution in [1.29, 1.82) is 5.26 Å². The maximum absolute atomic E-state index is 12.4. The molecule has 0 aliphatic heterocycles. The average molecular weight is 366 g/mol. The maximum Gasteiger partial charge on any atom is 0.349 e. The minimum atomic E-state index is -0.613. The van der Waals surface area contributed by atoms with Crippen LogP contribution in [-0.4, -0.2) is 24.3 Å². The van der Waals surface area contributed by atoms with E-state index in [1.807, 2.05) is 52.0 Å². The van der Waals surface area contributed by atoms with Gasteiger partial charge in [0.25, 0.3) is 0 Å². The predicted molar refractivity (Wildman–Crippen MR) is 105 cm³/mol. The SMILES string of the molecule is COCCn1c(C)cc(/C=C(\C#N)C(=O)OCc2cc(C)cc(C)c2)c1C. The van der Waals surface area contributed by atoms with Crippen molar-refractivity contribution in [2.45, 2.75) is 40.8 Å². The van der Waals surface area contributed by atoms with E-state index < -0.39 is 5.97 Å². The topological polar surface area (TPSA) is 64.2 Å². The van der Waals surface area contributed by atoms with Gasteiger partial charge in [-0.15, -0.1) is 0 Å². The third kappa shape index (κ3) is 5.32. The molecule has 2 aromatic rings. The number of carbonyl (C=O) groups excluding carboxylic acids is 1. The Morgan fingerprint density at radius 1 is 1.15 bits per heavy atom. The molecule has 2 rings (SSSR count). The molecule has 0 fully saturated rings. The molecule has 142 valence electrons. The van der Waals surface area contributed by atoms with Crippen molar-refractivity contribution in [3.63, 3.8) is 0 Å². The molecule has 5 heteroatoms. The second kappa shape index (κ2) is 9.20. The van der Waals surface area contributed by atoms with Crippen LogP contribution in [0.5, 0.6) is 0 Å². The van der Waals surface area contributed by atoms with Gasteiger partial charge in [0, 0.05) is 25.0 Å². The molecule has 1 aromatic carbocycles. The summed E-state index contributed by atoms with van der Waals surface area (Å²) in [6.07, 6.45) is 1.59. The highest BCUT2D eigenvalue weighted by atomic mass is 16.5. The minimum Gasteiger partial charge on any atom is -0.457 e. The van der Waals surface area contributed by atoms with Crippen molar-refractivity contribution in [3.8, 4) is 6.07 Å². The second-order valence-corrected chi connectivity index (χ2v) is 6.71. The van der Waals surface area contributed by atoms with Gasteiger partial charge in [0.2, 0.25) is 0 Å². The molecule has 0 bridgehead atoms. The fraction of sp³-hybridized carbons (Fsp3) is 0.364. The van der Waals surface area contributed by atoms with Crippen molar-refractivity contribution in [1.82, 2.24) is 4.57 Å². The van der Waals surface area contributed by atoms with Crippen LogP contribution in [0, 0.1) is 39.0 Å². The van der Waals surface area contributed by atoms with Crippen LogP contribution in [0.3, 0.4) is 0 Å². The Hall–Kier alpha value is -2.84. The first kappa shape index (κ1) is 20.5. The number of ether oxygens (including phenoxy) is 2. The van der Waals surface area contributed by atoms with E-state index in [-0.39, 0.29) is 12.2 Å². The lowest BCUT2D eigenvalue weighted by molar-refractivity contribution is -0.139. The van der Waals surface area contributed by atoms with Crippen molar-refractivity contribution < 1.29 is 14.3 Å². The highest BCUT2D eigenvalue weighted by Crippen LogP contribution is 2.19. The number of aryl methyl sites for hydroxylation is 3. The standard InChI is InChI=1S/C22H26N2O3/c1-15-8-16(2)10-19(9-15)14-27-22(25)21(13-23)12-20-11-17(3)24(18(20)4)6-7-26-5/h8-12H,6-7,14H2,1-5H3/b21-12+. The average Bonchev–Trinajstić information content (AvgIpc) is 2.88. The van der Waals surface area contributed by atoms with E-state index in [0.29, 0.717) is 6.61 Å². The zero-order valence-electron chi connectivity index (χ0n) is 16.6. The Morgan fingerprint density at radius 2 is 1.81 bits per heavy atom. The number of nitrogens with zero attached hydrogens (tertiary/aromatic N) is 2. The van der Waals surface area contributed by atoms with Gasteiger partial charge in [0.15, 0.2) is 0 Å². The van der Waals surface area contributed by atoms with Crippen molar-refractivity contribution in [2.24, 2.45) is 0 Å². The molecule has 0 amide bonds. The molecule has 0 atom stereocenters.